The SMILES string of the molecule is CCNC(=NCC(CCO)CC(C)C)NCC1CCN(c2ccc(F)c(F)c2)C1. The lowest BCUT2D eigenvalue weighted by molar-refractivity contribution is 0.245. The number of aliphatic imine (C=N–C) groups is 1. The van der Waals surface area contributed by atoms with Gasteiger partial charge < -0.3 is 20.6 Å². The highest BCUT2D eigenvalue weighted by Gasteiger charge is 2.23. The van der Waals surface area contributed by atoms with E-state index in [1.165, 1.54) is 12.1 Å². The van der Waals surface area contributed by atoms with Crippen LogP contribution in [0.15, 0.2) is 23.2 Å². The highest BCUT2D eigenvalue weighted by molar-refractivity contribution is 5.79. The van der Waals surface area contributed by atoms with E-state index in [0.717, 1.165) is 57.1 Å². The summed E-state index contributed by atoms with van der Waals surface area (Å²) in [5.74, 6) is 0.560. The number of hydrogen-bond acceptors (Lipinski definition) is 3. The van der Waals surface area contributed by atoms with Gasteiger partial charge in [0.1, 0.15) is 0 Å². The van der Waals surface area contributed by atoms with Gasteiger partial charge in [-0.25, -0.2) is 8.78 Å². The fourth-order valence-electron chi connectivity index (χ4n) is 3.85. The summed E-state index contributed by atoms with van der Waals surface area (Å²) in [6.07, 6.45) is 2.81. The van der Waals surface area contributed by atoms with Crippen LogP contribution in [0.5, 0.6) is 0 Å². The molecular formula is C22H36F2N4O. The van der Waals surface area contributed by atoms with Crippen molar-refractivity contribution in [3.05, 3.63) is 29.8 Å². The Labute approximate surface area is 173 Å². The summed E-state index contributed by atoms with van der Waals surface area (Å²) in [4.78, 5) is 6.82. The molecule has 29 heavy (non-hydrogen) atoms. The lowest BCUT2D eigenvalue weighted by Gasteiger charge is -2.20. The van der Waals surface area contributed by atoms with Crippen LogP contribution in [0.25, 0.3) is 0 Å². The maximum Gasteiger partial charge on any atom is 0.191 e. The number of anilines is 1. The summed E-state index contributed by atoms with van der Waals surface area (Å²) in [6.45, 7) is 10.5. The number of aliphatic hydroxyl groups is 1. The van der Waals surface area contributed by atoms with Crippen molar-refractivity contribution in [2.24, 2.45) is 22.7 Å². The first-order valence-electron chi connectivity index (χ1n) is 10.8. The van der Waals surface area contributed by atoms with Crippen LogP contribution in [0.1, 0.15) is 40.0 Å². The maximum atomic E-state index is 13.5. The lowest BCUT2D eigenvalue weighted by Crippen LogP contribution is -2.40. The molecule has 0 radical (unpaired) electrons. The molecule has 2 unspecified atom stereocenters. The average molecular weight is 411 g/mol. The molecule has 2 atom stereocenters. The Kier molecular flexibility index (Phi) is 9.64. The van der Waals surface area contributed by atoms with E-state index in [4.69, 9.17) is 4.99 Å². The van der Waals surface area contributed by atoms with Gasteiger partial charge >= 0.3 is 0 Å². The fourth-order valence-corrected chi connectivity index (χ4v) is 3.85. The van der Waals surface area contributed by atoms with E-state index < -0.39 is 11.6 Å². The van der Waals surface area contributed by atoms with Crippen molar-refractivity contribution < 1.29 is 13.9 Å². The largest absolute Gasteiger partial charge is 0.396 e. The van der Waals surface area contributed by atoms with Gasteiger partial charge in [-0.15, -0.1) is 0 Å². The Morgan fingerprint density at radius 3 is 2.72 bits per heavy atom. The molecule has 0 bridgehead atoms. The van der Waals surface area contributed by atoms with Gasteiger partial charge in [0, 0.05) is 51.1 Å². The van der Waals surface area contributed by atoms with Crippen molar-refractivity contribution in [2.75, 3.05) is 44.2 Å². The molecule has 2 rings (SSSR count). The minimum absolute atomic E-state index is 0.193. The van der Waals surface area contributed by atoms with Crippen LogP contribution in [0.2, 0.25) is 0 Å². The Bertz CT molecular complexity index is 654. The lowest BCUT2D eigenvalue weighted by atomic mass is 9.94. The fraction of sp³-hybridized carbons (Fsp3) is 0.682. The number of aliphatic hydroxyl groups excluding tert-OH is 1. The van der Waals surface area contributed by atoms with E-state index in [2.05, 4.69) is 29.4 Å². The van der Waals surface area contributed by atoms with Crippen LogP contribution < -0.4 is 15.5 Å². The normalized spacial score (nSPS) is 18.4. The summed E-state index contributed by atoms with van der Waals surface area (Å²) in [5, 5.41) is 16.0. The molecule has 3 N–H and O–H groups in total. The number of hydrogen-bond donors (Lipinski definition) is 3. The van der Waals surface area contributed by atoms with E-state index in [-0.39, 0.29) is 6.61 Å². The Balaban J connectivity index is 1.87. The summed E-state index contributed by atoms with van der Waals surface area (Å²) in [7, 11) is 0. The van der Waals surface area contributed by atoms with E-state index in [0.29, 0.717) is 24.3 Å². The highest BCUT2D eigenvalue weighted by Crippen LogP contribution is 2.25. The number of benzene rings is 1. The third-order valence-corrected chi connectivity index (χ3v) is 5.31. The van der Waals surface area contributed by atoms with Crippen LogP contribution >= 0.6 is 0 Å². The van der Waals surface area contributed by atoms with E-state index in [1.54, 1.807) is 6.07 Å². The minimum atomic E-state index is -0.811. The number of halogens is 2. The molecule has 0 aromatic heterocycles. The van der Waals surface area contributed by atoms with Crippen molar-refractivity contribution in [3.63, 3.8) is 0 Å². The predicted molar refractivity (Wildman–Crippen MR) is 115 cm³/mol. The van der Waals surface area contributed by atoms with Crippen molar-refractivity contribution in [3.8, 4) is 0 Å². The third kappa shape index (κ3) is 7.80. The molecular weight excluding hydrogens is 374 g/mol. The molecule has 1 saturated heterocycles. The van der Waals surface area contributed by atoms with Crippen molar-refractivity contribution in [1.82, 2.24) is 10.6 Å². The maximum absolute atomic E-state index is 13.5. The zero-order chi connectivity index (χ0) is 21.2. The van der Waals surface area contributed by atoms with Gasteiger partial charge in [-0.1, -0.05) is 13.8 Å². The first kappa shape index (κ1) is 23.4. The summed E-state index contributed by atoms with van der Waals surface area (Å²) >= 11 is 0. The van der Waals surface area contributed by atoms with Gasteiger partial charge in [-0.05, 0) is 56.1 Å². The van der Waals surface area contributed by atoms with E-state index in [9.17, 15) is 13.9 Å². The quantitative estimate of drug-likeness (QED) is 0.409. The van der Waals surface area contributed by atoms with E-state index >= 15 is 0 Å². The first-order valence-corrected chi connectivity index (χ1v) is 10.8. The van der Waals surface area contributed by atoms with Crippen LogP contribution in [0.3, 0.4) is 0 Å². The van der Waals surface area contributed by atoms with Crippen LogP contribution in [0.4, 0.5) is 14.5 Å². The van der Waals surface area contributed by atoms with Crippen molar-refractivity contribution in [1.29, 1.82) is 0 Å². The van der Waals surface area contributed by atoms with Gasteiger partial charge in [0.25, 0.3) is 0 Å². The molecule has 5 nitrogen and oxygen atoms in total. The van der Waals surface area contributed by atoms with Gasteiger partial charge in [0.05, 0.1) is 0 Å². The Morgan fingerprint density at radius 2 is 2.07 bits per heavy atom. The molecule has 1 fully saturated rings. The van der Waals surface area contributed by atoms with Crippen LogP contribution in [-0.2, 0) is 0 Å². The molecule has 1 aromatic rings. The molecule has 1 aliphatic rings. The topological polar surface area (TPSA) is 59.9 Å². The number of guanidine groups is 1. The second-order valence-electron chi connectivity index (χ2n) is 8.31. The van der Waals surface area contributed by atoms with Gasteiger partial charge in [0.15, 0.2) is 17.6 Å². The average Bonchev–Trinajstić information content (AvgIpc) is 3.15. The summed E-state index contributed by atoms with van der Waals surface area (Å²) in [5.41, 5.74) is 0.729. The molecule has 1 aromatic carbocycles. The zero-order valence-corrected chi connectivity index (χ0v) is 17.9. The molecule has 7 heteroatoms. The standard InChI is InChI=1S/C22H36F2N4O/c1-4-25-22(26-13-17(8-10-29)11-16(2)3)27-14-18-7-9-28(15-18)19-5-6-20(23)21(24)12-19/h5-6,12,16-18,29H,4,7-11,13-15H2,1-3H3,(H2,25,26,27). The molecule has 1 aliphatic heterocycles. The highest BCUT2D eigenvalue weighted by atomic mass is 19.2. The summed E-state index contributed by atoms with van der Waals surface area (Å²) < 4.78 is 26.7. The van der Waals surface area contributed by atoms with Gasteiger partial charge in [-0.2, -0.15) is 0 Å². The molecule has 1 heterocycles. The second-order valence-corrected chi connectivity index (χ2v) is 8.31. The first-order chi connectivity index (χ1) is 13.9. The Hall–Kier alpha value is -1.89. The van der Waals surface area contributed by atoms with Gasteiger partial charge in [-0.3, -0.25) is 4.99 Å². The molecule has 164 valence electrons. The molecule has 0 saturated carbocycles. The van der Waals surface area contributed by atoms with E-state index in [1.807, 2.05) is 6.92 Å². The van der Waals surface area contributed by atoms with Crippen LogP contribution in [0, 0.1) is 29.4 Å². The minimum Gasteiger partial charge on any atom is -0.396 e. The number of nitrogens with zero attached hydrogens (tertiary/aromatic N) is 2. The predicted octanol–water partition coefficient (Wildman–Crippen LogP) is 3.39. The number of rotatable bonds is 10. The molecule has 0 amide bonds. The smallest absolute Gasteiger partial charge is 0.191 e. The van der Waals surface area contributed by atoms with Gasteiger partial charge in [0.2, 0.25) is 0 Å². The Morgan fingerprint density at radius 1 is 1.28 bits per heavy atom. The van der Waals surface area contributed by atoms with Crippen LogP contribution in [-0.4, -0.2) is 50.4 Å². The summed E-state index contributed by atoms with van der Waals surface area (Å²) in [6, 6.07) is 4.09. The third-order valence-electron chi connectivity index (χ3n) is 5.31. The molecule has 0 aliphatic carbocycles. The second kappa shape index (κ2) is 12.0. The number of nitrogens with one attached hydrogen (secondary N) is 2. The monoisotopic (exact) mass is 410 g/mol. The zero-order valence-electron chi connectivity index (χ0n) is 17.9. The van der Waals surface area contributed by atoms with Crippen molar-refractivity contribution in [2.45, 2.75) is 40.0 Å². The molecule has 0 spiro atoms. The van der Waals surface area contributed by atoms with Crippen molar-refractivity contribution >= 4 is 11.6 Å².